The molecule has 0 fully saturated rings. The van der Waals surface area contributed by atoms with Crippen molar-refractivity contribution in [3.05, 3.63) is 292 Å². The fourth-order valence-corrected chi connectivity index (χ4v) is 13.9. The Labute approximate surface area is 418 Å². The molecule has 71 heavy (non-hydrogen) atoms. The van der Waals surface area contributed by atoms with Crippen molar-refractivity contribution in [3.63, 3.8) is 0 Å². The van der Waals surface area contributed by atoms with Crippen LogP contribution in [0.5, 0.6) is 0 Å². The number of para-hydroxylation sites is 1. The molecule has 10 aromatic carbocycles. The van der Waals surface area contributed by atoms with Crippen molar-refractivity contribution in [2.75, 3.05) is 4.90 Å². The summed E-state index contributed by atoms with van der Waals surface area (Å²) >= 11 is 0. The summed E-state index contributed by atoms with van der Waals surface area (Å²) in [6.07, 6.45) is 2.33. The van der Waals surface area contributed by atoms with Crippen molar-refractivity contribution in [1.82, 2.24) is 0 Å². The Morgan fingerprint density at radius 3 is 1.34 bits per heavy atom. The van der Waals surface area contributed by atoms with Gasteiger partial charge in [-0.25, -0.2) is 0 Å². The highest BCUT2D eigenvalue weighted by molar-refractivity contribution is 6.03. The number of hydrogen-bond acceptors (Lipinski definition) is 1. The molecule has 0 N–H and O–H groups in total. The predicted molar refractivity (Wildman–Crippen MR) is 295 cm³/mol. The van der Waals surface area contributed by atoms with Gasteiger partial charge in [-0.15, -0.1) is 0 Å². The van der Waals surface area contributed by atoms with Gasteiger partial charge in [0.15, 0.2) is 0 Å². The molecule has 0 atom stereocenters. The average Bonchev–Trinajstić information content (AvgIpc) is 4.02. The first-order chi connectivity index (χ1) is 34.7. The molecular formula is C70H55N. The Hall–Kier alpha value is -8.00. The van der Waals surface area contributed by atoms with Crippen molar-refractivity contribution in [2.45, 2.75) is 62.2 Å². The molecule has 0 amide bonds. The van der Waals surface area contributed by atoms with E-state index in [2.05, 4.69) is 269 Å². The molecule has 0 bridgehead atoms. The highest BCUT2D eigenvalue weighted by Crippen LogP contribution is 2.65. The summed E-state index contributed by atoms with van der Waals surface area (Å²) in [6, 6.07) is 90.1. The summed E-state index contributed by atoms with van der Waals surface area (Å²) in [4.78, 5) is 2.62. The molecule has 0 radical (unpaired) electrons. The normalized spacial score (nSPS) is 16.2. The van der Waals surface area contributed by atoms with Crippen LogP contribution in [0.3, 0.4) is 0 Å². The summed E-state index contributed by atoms with van der Waals surface area (Å²) in [5.74, 6) is 0. The van der Waals surface area contributed by atoms with E-state index in [4.69, 9.17) is 0 Å². The van der Waals surface area contributed by atoms with Crippen LogP contribution < -0.4 is 4.90 Å². The van der Waals surface area contributed by atoms with Crippen LogP contribution in [0.2, 0.25) is 0 Å². The maximum absolute atomic E-state index is 2.62. The van der Waals surface area contributed by atoms with Crippen LogP contribution in [-0.4, -0.2) is 0 Å². The zero-order valence-electron chi connectivity index (χ0n) is 40.9. The van der Waals surface area contributed by atoms with Crippen LogP contribution in [0.1, 0.15) is 96.2 Å². The van der Waals surface area contributed by atoms with Crippen LogP contribution in [0.4, 0.5) is 17.1 Å². The average molecular weight is 910 g/mol. The van der Waals surface area contributed by atoms with E-state index in [9.17, 15) is 0 Å². The molecule has 0 saturated heterocycles. The third-order valence-electron chi connectivity index (χ3n) is 17.2. The lowest BCUT2D eigenvalue weighted by atomic mass is 9.63. The molecule has 0 heterocycles. The van der Waals surface area contributed by atoms with Crippen LogP contribution in [0.25, 0.3) is 44.5 Å². The zero-order valence-corrected chi connectivity index (χ0v) is 40.9. The second kappa shape index (κ2) is 15.2. The highest BCUT2D eigenvalue weighted by atomic mass is 15.1. The first kappa shape index (κ1) is 41.9. The number of hydrogen-bond donors (Lipinski definition) is 0. The molecular weight excluding hydrogens is 855 g/mol. The van der Waals surface area contributed by atoms with Crippen LogP contribution in [-0.2, 0) is 21.7 Å². The van der Waals surface area contributed by atoms with Gasteiger partial charge in [-0.2, -0.15) is 0 Å². The lowest BCUT2D eigenvalue weighted by Gasteiger charge is -2.42. The quantitative estimate of drug-likeness (QED) is 0.161. The fourth-order valence-electron chi connectivity index (χ4n) is 13.9. The summed E-state index contributed by atoms with van der Waals surface area (Å²) < 4.78 is 0. The second-order valence-corrected chi connectivity index (χ2v) is 21.7. The van der Waals surface area contributed by atoms with E-state index in [1.807, 2.05) is 0 Å². The summed E-state index contributed by atoms with van der Waals surface area (Å²) in [5.41, 5.74) is 26.1. The minimum atomic E-state index is -0.548. The minimum absolute atomic E-state index is 0.0347. The minimum Gasteiger partial charge on any atom is -0.309 e. The van der Waals surface area contributed by atoms with E-state index in [0.29, 0.717) is 0 Å². The van der Waals surface area contributed by atoms with Gasteiger partial charge in [0.1, 0.15) is 0 Å². The number of anilines is 3. The lowest BCUT2D eigenvalue weighted by molar-refractivity contribution is 0.332. The van der Waals surface area contributed by atoms with Gasteiger partial charge < -0.3 is 4.90 Å². The molecule has 0 saturated carbocycles. The molecule has 0 aliphatic heterocycles. The van der Waals surface area contributed by atoms with E-state index < -0.39 is 10.8 Å². The standard InChI is InChI=1S/C70H55N/c1-67(2)41-42-68(3,4)63-43-46(39-40-60(63)67)54-44-55-52-31-16-20-35-58(52)70(56-33-18-14-29-50(56)51-30-15-19-34-57(51)70)62(55)45-65(54)71(49-27-12-7-13-28-49)64-38-22-37-61-66(64)53-32-17-21-36-59(53)69(61,47-23-8-5-9-24-47)48-25-10-6-11-26-48/h5-40,43-45H,41-42H2,1-4H3. The second-order valence-electron chi connectivity index (χ2n) is 21.7. The van der Waals surface area contributed by atoms with Crippen molar-refractivity contribution < 1.29 is 0 Å². The predicted octanol–water partition coefficient (Wildman–Crippen LogP) is 17.9. The zero-order chi connectivity index (χ0) is 47.7. The highest BCUT2D eigenvalue weighted by Gasteiger charge is 2.53. The summed E-state index contributed by atoms with van der Waals surface area (Å²) in [7, 11) is 0. The Morgan fingerprint density at radius 2 is 0.761 bits per heavy atom. The van der Waals surface area contributed by atoms with Crippen molar-refractivity contribution in [2.24, 2.45) is 0 Å². The van der Waals surface area contributed by atoms with E-state index in [-0.39, 0.29) is 10.8 Å². The molecule has 10 aromatic rings. The monoisotopic (exact) mass is 909 g/mol. The van der Waals surface area contributed by atoms with E-state index >= 15 is 0 Å². The maximum Gasteiger partial charge on any atom is 0.0726 e. The Kier molecular flexibility index (Phi) is 9.00. The van der Waals surface area contributed by atoms with Gasteiger partial charge in [0.05, 0.1) is 22.2 Å². The largest absolute Gasteiger partial charge is 0.309 e. The van der Waals surface area contributed by atoms with E-state index in [1.54, 1.807) is 0 Å². The van der Waals surface area contributed by atoms with E-state index in [0.717, 1.165) is 17.8 Å². The Bertz CT molecular complexity index is 3680. The molecule has 340 valence electrons. The molecule has 4 aliphatic carbocycles. The topological polar surface area (TPSA) is 3.24 Å². The molecule has 0 unspecified atom stereocenters. The van der Waals surface area contributed by atoms with Gasteiger partial charge >= 0.3 is 0 Å². The molecule has 1 spiro atoms. The first-order valence-electron chi connectivity index (χ1n) is 25.6. The Morgan fingerprint density at radius 1 is 0.296 bits per heavy atom. The maximum atomic E-state index is 2.62. The third kappa shape index (κ3) is 5.69. The van der Waals surface area contributed by atoms with Crippen LogP contribution in [0, 0.1) is 0 Å². The van der Waals surface area contributed by atoms with Gasteiger partial charge in [-0.3, -0.25) is 0 Å². The fraction of sp³-hybridized carbons (Fsp3) is 0.143. The van der Waals surface area contributed by atoms with E-state index in [1.165, 1.54) is 112 Å². The van der Waals surface area contributed by atoms with Crippen molar-refractivity contribution >= 4 is 17.1 Å². The Balaban J connectivity index is 1.13. The molecule has 1 heteroatoms. The number of nitrogens with zero attached hydrogens (tertiary/aromatic N) is 1. The number of benzene rings is 10. The summed E-state index contributed by atoms with van der Waals surface area (Å²) in [6.45, 7) is 9.78. The molecule has 14 rings (SSSR count). The van der Waals surface area contributed by atoms with Gasteiger partial charge in [0.2, 0.25) is 0 Å². The molecule has 0 aromatic heterocycles. The van der Waals surface area contributed by atoms with Gasteiger partial charge in [0, 0.05) is 16.8 Å². The first-order valence-corrected chi connectivity index (χ1v) is 25.6. The summed E-state index contributed by atoms with van der Waals surface area (Å²) in [5, 5.41) is 0. The van der Waals surface area contributed by atoms with Crippen LogP contribution >= 0.6 is 0 Å². The van der Waals surface area contributed by atoms with Crippen molar-refractivity contribution in [1.29, 1.82) is 0 Å². The smallest absolute Gasteiger partial charge is 0.0726 e. The van der Waals surface area contributed by atoms with Gasteiger partial charge in [-0.1, -0.05) is 234 Å². The molecule has 1 nitrogen and oxygen atoms in total. The van der Waals surface area contributed by atoms with Gasteiger partial charge in [-0.05, 0) is 143 Å². The number of rotatable bonds is 6. The lowest BCUT2D eigenvalue weighted by Crippen LogP contribution is -2.33. The van der Waals surface area contributed by atoms with Crippen molar-refractivity contribution in [3.8, 4) is 44.5 Å². The van der Waals surface area contributed by atoms with Crippen LogP contribution in [0.15, 0.2) is 237 Å². The SMILES string of the molecule is CC1(C)CCC(C)(C)c2cc(-c3cc4c(cc3N(c3ccccc3)c3cccc5c3-c3ccccc3C5(c3ccccc3)c3ccccc3)C3(c5ccccc5-c5ccccc53)c3ccccc3-4)ccc21. The number of fused-ring (bicyclic) bond motifs is 14. The molecule has 4 aliphatic rings. The third-order valence-corrected chi connectivity index (χ3v) is 17.2. The van der Waals surface area contributed by atoms with Gasteiger partial charge in [0.25, 0.3) is 0 Å².